The SMILES string of the molecule is Cc1c(OC2CCC(CCCN3CC4(C3)CN(c3ccc5c(C6CCC(=O)NC6=O)nn(C)c5n3)C4)CC2)cccc1-c1ccc(N2CCc3cccc(C(=O)Nc4nc5ccccc5s4)c3C2)nc1C(=O)O. The number of para-hydroxylation sites is 1. The van der Waals surface area contributed by atoms with Crippen molar-refractivity contribution in [2.75, 3.05) is 54.4 Å². The van der Waals surface area contributed by atoms with Crippen molar-refractivity contribution in [2.24, 2.45) is 18.4 Å². The number of pyridine rings is 2. The Kier molecular flexibility index (Phi) is 12.2. The van der Waals surface area contributed by atoms with Crippen molar-refractivity contribution >= 4 is 73.0 Å². The molecule has 3 aromatic carbocycles. The summed E-state index contributed by atoms with van der Waals surface area (Å²) in [5.41, 5.74) is 7.37. The fourth-order valence-electron chi connectivity index (χ4n) is 12.2. The first-order valence-electron chi connectivity index (χ1n) is 25.6. The first kappa shape index (κ1) is 46.8. The van der Waals surface area contributed by atoms with Gasteiger partial charge in [0.05, 0.1) is 27.9 Å². The molecule has 3 saturated heterocycles. The standard InChI is InChI=1S/C56H58N10O6S/c1-33-37(38-19-22-46(58-50(38)54(70)71)65-27-25-35-9-5-11-39(42(35)28-65)52(68)61-55-57-43-12-3-4-14-45(43)73-55)10-6-13-44(33)72-36-17-15-34(16-18-36)8-7-26-64-29-56(30-64)31-66(32-56)47-23-20-40-49(62-63(2)51(40)59-47)41-21-24-48(67)60-53(41)69/h3-6,9-14,19-20,22-23,34,36,41H,7-8,15-18,21,24-32H2,1-2H3,(H,70,71)(H,57,61,68)(H,60,67,69). The Labute approximate surface area is 426 Å². The highest BCUT2D eigenvalue weighted by atomic mass is 32.1. The molecule has 5 aliphatic rings. The molecule has 12 rings (SSSR count). The lowest BCUT2D eigenvalue weighted by molar-refractivity contribution is -0.134. The fraction of sp³-hybridized carbons (Fsp3) is 0.393. The molecule has 1 saturated carbocycles. The second kappa shape index (κ2) is 19.0. The molecule has 1 spiro atoms. The second-order valence-electron chi connectivity index (χ2n) is 20.9. The Bertz CT molecular complexity index is 3300. The van der Waals surface area contributed by atoms with E-state index in [9.17, 15) is 24.3 Å². The number of likely N-dealkylation sites (tertiary alicyclic amines) is 1. The summed E-state index contributed by atoms with van der Waals surface area (Å²) in [4.78, 5) is 72.2. The molecule has 374 valence electrons. The molecule has 1 atom stereocenters. The van der Waals surface area contributed by atoms with Crippen molar-refractivity contribution in [2.45, 2.75) is 83.3 Å². The minimum Gasteiger partial charge on any atom is -0.490 e. The van der Waals surface area contributed by atoms with Crippen molar-refractivity contribution in [1.82, 2.24) is 34.9 Å². The fourth-order valence-corrected chi connectivity index (χ4v) is 13.0. The predicted molar refractivity (Wildman–Crippen MR) is 280 cm³/mol. The van der Waals surface area contributed by atoms with Crippen LogP contribution in [0.15, 0.2) is 84.9 Å². The van der Waals surface area contributed by atoms with E-state index in [0.29, 0.717) is 71.5 Å². The maximum atomic E-state index is 13.7. The lowest BCUT2D eigenvalue weighted by Gasteiger charge is -2.60. The molecule has 4 aromatic heterocycles. The summed E-state index contributed by atoms with van der Waals surface area (Å²) in [5, 5.41) is 22.1. The van der Waals surface area contributed by atoms with E-state index in [1.54, 1.807) is 4.68 Å². The van der Waals surface area contributed by atoms with Gasteiger partial charge in [-0.2, -0.15) is 5.10 Å². The molecule has 0 bridgehead atoms. The number of carbonyl (C=O) groups is 4. The van der Waals surface area contributed by atoms with Gasteiger partial charge in [-0.3, -0.25) is 29.7 Å². The highest BCUT2D eigenvalue weighted by Crippen LogP contribution is 2.43. The van der Waals surface area contributed by atoms with E-state index in [4.69, 9.17) is 14.7 Å². The molecule has 17 heteroatoms. The van der Waals surface area contributed by atoms with E-state index in [-0.39, 0.29) is 29.5 Å². The Morgan fingerprint density at radius 2 is 1.64 bits per heavy atom. The third-order valence-electron chi connectivity index (χ3n) is 16.0. The van der Waals surface area contributed by atoms with Crippen molar-refractivity contribution in [3.63, 3.8) is 0 Å². The topological polar surface area (TPSA) is 188 Å². The van der Waals surface area contributed by atoms with Crippen LogP contribution in [0, 0.1) is 18.3 Å². The average Bonchev–Trinajstić information content (AvgIpc) is 3.93. The van der Waals surface area contributed by atoms with Crippen LogP contribution in [0.25, 0.3) is 32.4 Å². The molecule has 0 radical (unpaired) electrons. The van der Waals surface area contributed by atoms with Crippen molar-refractivity contribution in [3.05, 3.63) is 119 Å². The van der Waals surface area contributed by atoms with Crippen LogP contribution >= 0.6 is 11.3 Å². The number of rotatable bonds is 13. The zero-order valence-electron chi connectivity index (χ0n) is 41.1. The molecule has 3 N–H and O–H groups in total. The normalized spacial score (nSPS) is 20.7. The zero-order chi connectivity index (χ0) is 50.0. The van der Waals surface area contributed by atoms with Gasteiger partial charge >= 0.3 is 5.97 Å². The molecule has 7 aromatic rings. The number of aromatic carboxylic acids is 1. The molecule has 4 fully saturated rings. The van der Waals surface area contributed by atoms with Gasteiger partial charge in [-0.05, 0) is 142 Å². The van der Waals surface area contributed by atoms with Gasteiger partial charge in [-0.1, -0.05) is 47.7 Å². The van der Waals surface area contributed by atoms with E-state index in [1.807, 2.05) is 104 Å². The number of carboxylic acids is 1. The molecule has 73 heavy (non-hydrogen) atoms. The van der Waals surface area contributed by atoms with Gasteiger partial charge in [-0.25, -0.2) is 19.7 Å². The van der Waals surface area contributed by atoms with Gasteiger partial charge in [0.15, 0.2) is 16.5 Å². The number of carboxylic acid groups (broad SMARTS) is 1. The number of nitrogens with one attached hydrogen (secondary N) is 2. The van der Waals surface area contributed by atoms with Gasteiger partial charge in [0.1, 0.15) is 17.4 Å². The Morgan fingerprint density at radius 3 is 2.45 bits per heavy atom. The molecule has 1 aliphatic carbocycles. The summed E-state index contributed by atoms with van der Waals surface area (Å²) in [6.07, 6.45) is 8.25. The number of hydrogen-bond donors (Lipinski definition) is 3. The van der Waals surface area contributed by atoms with Crippen LogP contribution in [0.3, 0.4) is 0 Å². The van der Waals surface area contributed by atoms with E-state index in [1.165, 1.54) is 24.2 Å². The third kappa shape index (κ3) is 9.06. The number of imide groups is 1. The lowest BCUT2D eigenvalue weighted by Crippen LogP contribution is -2.72. The van der Waals surface area contributed by atoms with Crippen LogP contribution in [0.1, 0.15) is 101 Å². The molecule has 16 nitrogen and oxygen atoms in total. The molecule has 1 unspecified atom stereocenters. The van der Waals surface area contributed by atoms with Crippen LogP contribution in [-0.2, 0) is 29.6 Å². The first-order valence-corrected chi connectivity index (χ1v) is 26.4. The Morgan fingerprint density at radius 1 is 0.849 bits per heavy atom. The number of aryl methyl sites for hydroxylation is 1. The Hall–Kier alpha value is -7.24. The van der Waals surface area contributed by atoms with Gasteiger partial charge < -0.3 is 24.5 Å². The molecular weight excluding hydrogens is 941 g/mol. The summed E-state index contributed by atoms with van der Waals surface area (Å²) < 4.78 is 9.44. The summed E-state index contributed by atoms with van der Waals surface area (Å²) in [7, 11) is 1.86. The number of carbonyl (C=O) groups excluding carboxylic acids is 3. The zero-order valence-corrected chi connectivity index (χ0v) is 41.9. The first-order chi connectivity index (χ1) is 35.4. The van der Waals surface area contributed by atoms with Gasteiger partial charge in [0.2, 0.25) is 11.8 Å². The molecule has 8 heterocycles. The van der Waals surface area contributed by atoms with E-state index in [0.717, 1.165) is 113 Å². The molecule has 3 amide bonds. The highest BCUT2D eigenvalue weighted by Gasteiger charge is 2.52. The monoisotopic (exact) mass is 998 g/mol. The van der Waals surface area contributed by atoms with Gasteiger partial charge in [0, 0.05) is 74.7 Å². The van der Waals surface area contributed by atoms with E-state index in [2.05, 4.69) is 30.5 Å². The lowest BCUT2D eigenvalue weighted by atomic mass is 9.72. The number of hydrogen-bond acceptors (Lipinski definition) is 13. The smallest absolute Gasteiger partial charge is 0.355 e. The van der Waals surface area contributed by atoms with Crippen molar-refractivity contribution in [3.8, 4) is 16.9 Å². The Balaban J connectivity index is 0.614. The highest BCUT2D eigenvalue weighted by molar-refractivity contribution is 7.22. The van der Waals surface area contributed by atoms with Crippen LogP contribution in [0.4, 0.5) is 16.8 Å². The maximum absolute atomic E-state index is 13.7. The third-order valence-corrected chi connectivity index (χ3v) is 16.9. The van der Waals surface area contributed by atoms with Crippen molar-refractivity contribution < 1.29 is 29.0 Å². The summed E-state index contributed by atoms with van der Waals surface area (Å²) >= 11 is 1.44. The van der Waals surface area contributed by atoms with Crippen LogP contribution in [-0.4, -0.2) is 104 Å². The predicted octanol–water partition coefficient (Wildman–Crippen LogP) is 8.52. The number of piperidine rings is 1. The molecular formula is C56H58N10O6S. The number of aromatic nitrogens is 5. The van der Waals surface area contributed by atoms with Crippen LogP contribution in [0.5, 0.6) is 5.75 Å². The maximum Gasteiger partial charge on any atom is 0.355 e. The number of thiazole rings is 1. The van der Waals surface area contributed by atoms with Crippen LogP contribution in [0.2, 0.25) is 0 Å². The largest absolute Gasteiger partial charge is 0.490 e. The number of fused-ring (bicyclic) bond motifs is 3. The van der Waals surface area contributed by atoms with Crippen molar-refractivity contribution in [1.29, 1.82) is 0 Å². The summed E-state index contributed by atoms with van der Waals surface area (Å²) in [5.74, 6) is 0.676. The molecule has 4 aliphatic heterocycles. The minimum absolute atomic E-state index is 0.0187. The second-order valence-corrected chi connectivity index (χ2v) is 21.9. The number of ether oxygens (including phenoxy) is 1. The van der Waals surface area contributed by atoms with Gasteiger partial charge in [0.25, 0.3) is 5.91 Å². The van der Waals surface area contributed by atoms with E-state index < -0.39 is 11.9 Å². The number of benzene rings is 3. The van der Waals surface area contributed by atoms with Crippen LogP contribution < -0.4 is 25.2 Å². The van der Waals surface area contributed by atoms with Gasteiger partial charge in [-0.15, -0.1) is 0 Å². The number of nitrogens with zero attached hydrogens (tertiary/aromatic N) is 8. The quantitative estimate of drug-likeness (QED) is 0.0934. The number of anilines is 3. The minimum atomic E-state index is -1.10. The summed E-state index contributed by atoms with van der Waals surface area (Å²) in [6, 6.07) is 27.3. The van der Waals surface area contributed by atoms with E-state index >= 15 is 0 Å². The number of amides is 3. The average molecular weight is 999 g/mol. The summed E-state index contributed by atoms with van der Waals surface area (Å²) in [6.45, 7) is 8.39.